The normalized spacial score (nSPS) is 18.6. The Kier molecular flexibility index (Phi) is 3.38. The van der Waals surface area contributed by atoms with Crippen molar-refractivity contribution >= 4 is 10.8 Å². The van der Waals surface area contributed by atoms with Crippen LogP contribution in [0.4, 0.5) is 0 Å². The number of phenols is 1. The fraction of sp³-hybridized carbons (Fsp3) is 0.333. The number of phenolic OH excluding ortho intramolecular Hbond substituents is 1. The van der Waals surface area contributed by atoms with Crippen molar-refractivity contribution in [1.82, 2.24) is 0 Å². The highest BCUT2D eigenvalue weighted by molar-refractivity contribution is 6.05. The van der Waals surface area contributed by atoms with Crippen LogP contribution in [-0.2, 0) is 5.41 Å². The Morgan fingerprint density at radius 3 is 2.12 bits per heavy atom. The standard InChI is InChI=1S/C24H24O/c25-22-16-21-23(18-11-5-4-10-17(18)22)19-12-6-7-13-20(19)24(21)14-8-2-1-3-9-15-24/h4-7,10-13,16,25H,1-3,8-9,14-15H2. The maximum absolute atomic E-state index is 10.8. The third-order valence-corrected chi connectivity index (χ3v) is 6.46. The molecule has 25 heavy (non-hydrogen) atoms. The summed E-state index contributed by atoms with van der Waals surface area (Å²) in [5, 5.41) is 12.9. The average Bonchev–Trinajstić information content (AvgIpc) is 2.89. The molecular formula is C24H24O. The molecule has 126 valence electrons. The van der Waals surface area contributed by atoms with E-state index in [-0.39, 0.29) is 5.41 Å². The third-order valence-electron chi connectivity index (χ3n) is 6.46. The van der Waals surface area contributed by atoms with Gasteiger partial charge in [-0.2, -0.15) is 0 Å². The zero-order chi connectivity index (χ0) is 16.9. The van der Waals surface area contributed by atoms with Gasteiger partial charge in [0.15, 0.2) is 0 Å². The van der Waals surface area contributed by atoms with Gasteiger partial charge in [0.25, 0.3) is 0 Å². The van der Waals surface area contributed by atoms with Gasteiger partial charge in [-0.15, -0.1) is 0 Å². The van der Waals surface area contributed by atoms with Gasteiger partial charge < -0.3 is 5.11 Å². The molecule has 2 aliphatic rings. The van der Waals surface area contributed by atoms with Gasteiger partial charge in [0.05, 0.1) is 0 Å². The highest BCUT2D eigenvalue weighted by atomic mass is 16.3. The average molecular weight is 328 g/mol. The van der Waals surface area contributed by atoms with Gasteiger partial charge in [-0.25, -0.2) is 0 Å². The first kappa shape index (κ1) is 15.0. The molecule has 0 radical (unpaired) electrons. The second kappa shape index (κ2) is 5.62. The second-order valence-electron chi connectivity index (χ2n) is 7.76. The summed E-state index contributed by atoms with van der Waals surface area (Å²) in [7, 11) is 0. The van der Waals surface area contributed by atoms with E-state index in [0.29, 0.717) is 5.75 Å². The van der Waals surface area contributed by atoms with Gasteiger partial charge >= 0.3 is 0 Å². The van der Waals surface area contributed by atoms with Crippen molar-refractivity contribution in [2.75, 3.05) is 0 Å². The molecule has 0 aromatic heterocycles. The first-order chi connectivity index (χ1) is 12.3. The van der Waals surface area contributed by atoms with E-state index < -0.39 is 0 Å². The summed E-state index contributed by atoms with van der Waals surface area (Å²) in [5.41, 5.74) is 5.70. The summed E-state index contributed by atoms with van der Waals surface area (Å²) in [6, 6.07) is 19.4. The molecule has 0 unspecified atom stereocenters. The SMILES string of the molecule is Oc1cc2c(c3ccccc13)-c1ccccc1C21CCCCCCC1. The maximum atomic E-state index is 10.8. The highest BCUT2D eigenvalue weighted by Crippen LogP contribution is 2.57. The Balaban J connectivity index is 1.87. The molecule has 0 heterocycles. The van der Waals surface area contributed by atoms with E-state index in [1.807, 2.05) is 12.1 Å². The lowest BCUT2D eigenvalue weighted by atomic mass is 9.69. The van der Waals surface area contributed by atoms with Gasteiger partial charge in [-0.05, 0) is 46.5 Å². The van der Waals surface area contributed by atoms with Gasteiger partial charge in [0.2, 0.25) is 0 Å². The van der Waals surface area contributed by atoms with Crippen LogP contribution in [0.2, 0.25) is 0 Å². The minimum Gasteiger partial charge on any atom is -0.507 e. The molecule has 3 aromatic carbocycles. The lowest BCUT2D eigenvalue weighted by molar-refractivity contribution is 0.372. The van der Waals surface area contributed by atoms with Crippen molar-refractivity contribution in [2.24, 2.45) is 0 Å². The Morgan fingerprint density at radius 2 is 1.32 bits per heavy atom. The molecule has 0 amide bonds. The van der Waals surface area contributed by atoms with E-state index in [4.69, 9.17) is 0 Å². The Bertz CT molecular complexity index is 945. The number of hydrogen-bond acceptors (Lipinski definition) is 1. The first-order valence-electron chi connectivity index (χ1n) is 9.66. The molecule has 0 aliphatic heterocycles. The molecule has 0 saturated heterocycles. The van der Waals surface area contributed by atoms with Gasteiger partial charge in [0.1, 0.15) is 5.75 Å². The van der Waals surface area contributed by atoms with Crippen molar-refractivity contribution in [2.45, 2.75) is 50.4 Å². The van der Waals surface area contributed by atoms with E-state index >= 15 is 0 Å². The largest absolute Gasteiger partial charge is 0.507 e. The fourth-order valence-electron chi connectivity index (χ4n) is 5.33. The van der Waals surface area contributed by atoms with Gasteiger partial charge in [-0.3, -0.25) is 0 Å². The lowest BCUT2D eigenvalue weighted by Gasteiger charge is -2.34. The van der Waals surface area contributed by atoms with Crippen LogP contribution < -0.4 is 0 Å². The van der Waals surface area contributed by atoms with Crippen molar-refractivity contribution in [3.8, 4) is 16.9 Å². The van der Waals surface area contributed by atoms with Crippen molar-refractivity contribution < 1.29 is 5.11 Å². The summed E-state index contributed by atoms with van der Waals surface area (Å²) in [5.74, 6) is 0.434. The number of aromatic hydroxyl groups is 1. The van der Waals surface area contributed by atoms with Crippen LogP contribution in [0.15, 0.2) is 54.6 Å². The summed E-state index contributed by atoms with van der Waals surface area (Å²) < 4.78 is 0. The maximum Gasteiger partial charge on any atom is 0.123 e. The molecule has 1 N–H and O–H groups in total. The van der Waals surface area contributed by atoms with Crippen LogP contribution >= 0.6 is 0 Å². The topological polar surface area (TPSA) is 20.2 Å². The predicted octanol–water partition coefficient (Wildman–Crippen LogP) is 6.56. The van der Waals surface area contributed by atoms with Crippen molar-refractivity contribution in [1.29, 1.82) is 0 Å². The monoisotopic (exact) mass is 328 g/mol. The van der Waals surface area contributed by atoms with E-state index in [9.17, 15) is 5.11 Å². The van der Waals surface area contributed by atoms with E-state index in [1.54, 1.807) is 0 Å². The molecular weight excluding hydrogens is 304 g/mol. The molecule has 1 spiro atoms. The molecule has 1 nitrogen and oxygen atoms in total. The van der Waals surface area contributed by atoms with Crippen LogP contribution in [0.5, 0.6) is 5.75 Å². The lowest BCUT2D eigenvalue weighted by Crippen LogP contribution is -2.26. The van der Waals surface area contributed by atoms with Gasteiger partial charge in [-0.1, -0.05) is 80.6 Å². The third kappa shape index (κ3) is 2.08. The number of benzene rings is 3. The van der Waals surface area contributed by atoms with Crippen LogP contribution in [0, 0.1) is 0 Å². The fourth-order valence-corrected chi connectivity index (χ4v) is 5.33. The second-order valence-corrected chi connectivity index (χ2v) is 7.76. The van der Waals surface area contributed by atoms with Gasteiger partial charge in [0, 0.05) is 10.8 Å². The molecule has 3 aromatic rings. The smallest absolute Gasteiger partial charge is 0.123 e. The molecule has 2 aliphatic carbocycles. The quantitative estimate of drug-likeness (QED) is 0.495. The van der Waals surface area contributed by atoms with E-state index in [0.717, 1.165) is 5.39 Å². The Labute approximate surface area is 149 Å². The number of fused-ring (bicyclic) bond motifs is 7. The summed E-state index contributed by atoms with van der Waals surface area (Å²) in [6.45, 7) is 0. The van der Waals surface area contributed by atoms with Crippen molar-refractivity contribution in [3.05, 3.63) is 65.7 Å². The van der Waals surface area contributed by atoms with Crippen LogP contribution in [0.1, 0.15) is 56.1 Å². The predicted molar refractivity (Wildman–Crippen MR) is 104 cm³/mol. The molecule has 1 fully saturated rings. The molecule has 5 rings (SSSR count). The minimum atomic E-state index is 0.0911. The van der Waals surface area contributed by atoms with Crippen LogP contribution in [-0.4, -0.2) is 5.11 Å². The zero-order valence-corrected chi connectivity index (χ0v) is 14.6. The summed E-state index contributed by atoms with van der Waals surface area (Å²) in [4.78, 5) is 0. The molecule has 0 bridgehead atoms. The van der Waals surface area contributed by atoms with Crippen molar-refractivity contribution in [3.63, 3.8) is 0 Å². The highest BCUT2D eigenvalue weighted by Gasteiger charge is 2.43. The summed E-state index contributed by atoms with van der Waals surface area (Å²) >= 11 is 0. The first-order valence-corrected chi connectivity index (χ1v) is 9.66. The minimum absolute atomic E-state index is 0.0911. The number of rotatable bonds is 0. The zero-order valence-electron chi connectivity index (χ0n) is 14.6. The molecule has 1 heteroatoms. The van der Waals surface area contributed by atoms with Crippen LogP contribution in [0.3, 0.4) is 0 Å². The molecule has 0 atom stereocenters. The molecule has 1 saturated carbocycles. The summed E-state index contributed by atoms with van der Waals surface area (Å²) in [6.07, 6.45) is 9.00. The van der Waals surface area contributed by atoms with E-state index in [2.05, 4.69) is 42.5 Å². The Morgan fingerprint density at radius 1 is 0.680 bits per heavy atom. The van der Waals surface area contributed by atoms with Crippen LogP contribution in [0.25, 0.3) is 21.9 Å². The Hall–Kier alpha value is -2.28. The number of hydrogen-bond donors (Lipinski definition) is 1. The van der Waals surface area contributed by atoms with E-state index in [1.165, 1.54) is 72.6 Å².